The van der Waals surface area contributed by atoms with Crippen molar-refractivity contribution in [2.75, 3.05) is 0 Å². The molecule has 0 radical (unpaired) electrons. The zero-order chi connectivity index (χ0) is 13.1. The van der Waals surface area contributed by atoms with Gasteiger partial charge in [0.25, 0.3) is 0 Å². The summed E-state index contributed by atoms with van der Waals surface area (Å²) in [7, 11) is 0. The number of carbonyl (C=O) groups excluding carboxylic acids is 1. The highest BCUT2D eigenvalue weighted by Gasteiger charge is 2.06. The van der Waals surface area contributed by atoms with Crippen molar-refractivity contribution in [1.82, 2.24) is 9.38 Å². The quantitative estimate of drug-likeness (QED) is 0.664. The first kappa shape index (κ1) is 12.1. The maximum Gasteiger partial charge on any atom is 0.193 e. The third-order valence-corrected chi connectivity index (χ3v) is 3.85. The number of hydrogen-bond donors (Lipinski definition) is 0. The average Bonchev–Trinajstić information content (AvgIpc) is 3.00. The summed E-state index contributed by atoms with van der Waals surface area (Å²) in [4.78, 5) is 17.5. The van der Waals surface area contributed by atoms with Crippen LogP contribution in [0.2, 0.25) is 0 Å². The van der Waals surface area contributed by atoms with Crippen LogP contribution in [0.5, 0.6) is 0 Å². The van der Waals surface area contributed by atoms with E-state index in [9.17, 15) is 4.79 Å². The molecule has 0 aliphatic rings. The fourth-order valence-corrected chi connectivity index (χ4v) is 2.81. The van der Waals surface area contributed by atoms with Crippen molar-refractivity contribution in [3.05, 3.63) is 59.4 Å². The Hall–Kier alpha value is -1.94. The lowest BCUT2D eigenvalue weighted by Gasteiger charge is -1.99. The number of thiazole rings is 1. The molecule has 0 bridgehead atoms. The molecule has 3 rings (SSSR count). The first-order valence-corrected chi connectivity index (χ1v) is 7.20. The van der Waals surface area contributed by atoms with Crippen LogP contribution in [-0.2, 0) is 6.42 Å². The van der Waals surface area contributed by atoms with Crippen LogP contribution in [0, 0.1) is 0 Å². The van der Waals surface area contributed by atoms with E-state index in [4.69, 9.17) is 0 Å². The Kier molecular flexibility index (Phi) is 3.42. The fraction of sp³-hybridized carbons (Fsp3) is 0.200. The molecule has 3 nitrogen and oxygen atoms in total. The lowest BCUT2D eigenvalue weighted by Crippen LogP contribution is -1.99. The van der Waals surface area contributed by atoms with Gasteiger partial charge in [-0.25, -0.2) is 4.98 Å². The van der Waals surface area contributed by atoms with Crippen LogP contribution in [0.1, 0.15) is 28.9 Å². The molecule has 96 valence electrons. The fourth-order valence-electron chi connectivity index (χ4n) is 2.09. The topological polar surface area (TPSA) is 34.4 Å². The van der Waals surface area contributed by atoms with Gasteiger partial charge in [0.2, 0.25) is 0 Å². The molecule has 2 aromatic heterocycles. The number of aryl methyl sites for hydroxylation is 1. The van der Waals surface area contributed by atoms with Gasteiger partial charge in [0.15, 0.2) is 10.7 Å². The van der Waals surface area contributed by atoms with Crippen LogP contribution < -0.4 is 0 Å². The molecule has 0 aliphatic carbocycles. The van der Waals surface area contributed by atoms with Gasteiger partial charge in [-0.15, -0.1) is 11.3 Å². The van der Waals surface area contributed by atoms with Crippen LogP contribution in [0.4, 0.5) is 0 Å². The van der Waals surface area contributed by atoms with Crippen LogP contribution in [-0.4, -0.2) is 15.2 Å². The van der Waals surface area contributed by atoms with E-state index < -0.39 is 0 Å². The van der Waals surface area contributed by atoms with Crippen molar-refractivity contribution in [2.45, 2.75) is 19.3 Å². The third-order valence-electron chi connectivity index (χ3n) is 3.08. The summed E-state index contributed by atoms with van der Waals surface area (Å²) in [5.41, 5.74) is 1.86. The molecule has 0 fully saturated rings. The first-order valence-electron chi connectivity index (χ1n) is 6.32. The minimum atomic E-state index is 0.210. The molecule has 0 spiro atoms. The predicted molar refractivity (Wildman–Crippen MR) is 76.8 cm³/mol. The van der Waals surface area contributed by atoms with Gasteiger partial charge >= 0.3 is 0 Å². The second-order valence-electron chi connectivity index (χ2n) is 4.47. The van der Waals surface area contributed by atoms with E-state index in [1.54, 1.807) is 11.3 Å². The highest BCUT2D eigenvalue weighted by atomic mass is 32.1. The number of rotatable bonds is 5. The molecule has 0 N–H and O–H groups in total. The Bertz CT molecular complexity index is 656. The molecule has 3 aromatic rings. The van der Waals surface area contributed by atoms with Crippen molar-refractivity contribution in [2.24, 2.45) is 0 Å². The number of benzene rings is 1. The van der Waals surface area contributed by atoms with E-state index in [2.05, 4.69) is 4.98 Å². The maximum absolute atomic E-state index is 11.9. The molecule has 0 saturated heterocycles. The van der Waals surface area contributed by atoms with Gasteiger partial charge in [0.1, 0.15) is 0 Å². The van der Waals surface area contributed by atoms with Gasteiger partial charge in [-0.1, -0.05) is 30.3 Å². The van der Waals surface area contributed by atoms with Gasteiger partial charge in [0, 0.05) is 29.8 Å². The van der Waals surface area contributed by atoms with E-state index in [0.717, 1.165) is 29.1 Å². The normalized spacial score (nSPS) is 10.9. The van der Waals surface area contributed by atoms with E-state index in [1.807, 2.05) is 52.5 Å². The summed E-state index contributed by atoms with van der Waals surface area (Å²) >= 11 is 1.63. The molecule has 1 aromatic carbocycles. The highest BCUT2D eigenvalue weighted by molar-refractivity contribution is 7.15. The molecule has 0 amide bonds. The Morgan fingerprint density at radius 2 is 2.11 bits per heavy atom. The summed E-state index contributed by atoms with van der Waals surface area (Å²) in [6.45, 7) is 0. The van der Waals surface area contributed by atoms with E-state index in [0.29, 0.717) is 6.42 Å². The van der Waals surface area contributed by atoms with Gasteiger partial charge < -0.3 is 0 Å². The Morgan fingerprint density at radius 3 is 2.89 bits per heavy atom. The van der Waals surface area contributed by atoms with E-state index in [1.165, 1.54) is 0 Å². The predicted octanol–water partition coefficient (Wildman–Crippen LogP) is 3.60. The number of carbonyl (C=O) groups is 1. The molecule has 0 atom stereocenters. The monoisotopic (exact) mass is 270 g/mol. The second-order valence-corrected chi connectivity index (χ2v) is 5.34. The summed E-state index contributed by atoms with van der Waals surface area (Å²) < 4.78 is 2.03. The largest absolute Gasteiger partial charge is 0.297 e. The zero-order valence-electron chi connectivity index (χ0n) is 10.5. The SMILES string of the molecule is O=C(CCCc1cn2ccsc2n1)c1ccccc1. The van der Waals surface area contributed by atoms with Crippen molar-refractivity contribution in [3.8, 4) is 0 Å². The summed E-state index contributed by atoms with van der Waals surface area (Å²) in [5.74, 6) is 0.210. The number of ketones is 1. The summed E-state index contributed by atoms with van der Waals surface area (Å²) in [6.07, 6.45) is 6.32. The lowest BCUT2D eigenvalue weighted by molar-refractivity contribution is 0.0980. The first-order chi connectivity index (χ1) is 9.33. The number of fused-ring (bicyclic) bond motifs is 1. The number of Topliss-reactive ketones (excluding diaryl/α,β-unsaturated/α-hetero) is 1. The van der Waals surface area contributed by atoms with Crippen molar-refractivity contribution < 1.29 is 4.79 Å². The van der Waals surface area contributed by atoms with Crippen molar-refractivity contribution in [1.29, 1.82) is 0 Å². The zero-order valence-corrected chi connectivity index (χ0v) is 11.3. The highest BCUT2D eigenvalue weighted by Crippen LogP contribution is 2.14. The second kappa shape index (κ2) is 5.36. The standard InChI is InChI=1S/C15H14N2OS/c18-14(12-5-2-1-3-6-12)8-4-7-13-11-17-9-10-19-15(17)16-13/h1-3,5-6,9-11H,4,7-8H2. The minimum absolute atomic E-state index is 0.210. The van der Waals surface area contributed by atoms with Crippen LogP contribution in [0.15, 0.2) is 48.1 Å². The molecule has 2 heterocycles. The molecular weight excluding hydrogens is 256 g/mol. The Morgan fingerprint density at radius 1 is 1.26 bits per heavy atom. The number of imidazole rings is 1. The summed E-state index contributed by atoms with van der Waals surface area (Å²) in [5, 5.41) is 2.02. The minimum Gasteiger partial charge on any atom is -0.297 e. The van der Waals surface area contributed by atoms with Crippen molar-refractivity contribution in [3.63, 3.8) is 0 Å². The number of aromatic nitrogens is 2. The average molecular weight is 270 g/mol. The molecule has 0 unspecified atom stereocenters. The van der Waals surface area contributed by atoms with Gasteiger partial charge in [-0.3, -0.25) is 9.20 Å². The van der Waals surface area contributed by atoms with Gasteiger partial charge in [-0.2, -0.15) is 0 Å². The summed E-state index contributed by atoms with van der Waals surface area (Å²) in [6, 6.07) is 9.46. The number of hydrogen-bond acceptors (Lipinski definition) is 3. The van der Waals surface area contributed by atoms with Crippen molar-refractivity contribution >= 4 is 22.1 Å². The third kappa shape index (κ3) is 2.74. The number of nitrogens with zero attached hydrogens (tertiary/aromatic N) is 2. The maximum atomic E-state index is 11.9. The lowest BCUT2D eigenvalue weighted by atomic mass is 10.1. The van der Waals surface area contributed by atoms with Crippen LogP contribution >= 0.6 is 11.3 Å². The molecule has 19 heavy (non-hydrogen) atoms. The van der Waals surface area contributed by atoms with Gasteiger partial charge in [-0.05, 0) is 12.8 Å². The molecule has 4 heteroatoms. The van der Waals surface area contributed by atoms with E-state index in [-0.39, 0.29) is 5.78 Å². The molecule has 0 aliphatic heterocycles. The molecule has 0 saturated carbocycles. The van der Waals surface area contributed by atoms with Crippen LogP contribution in [0.25, 0.3) is 4.96 Å². The Labute approximate surface area is 115 Å². The van der Waals surface area contributed by atoms with Gasteiger partial charge in [0.05, 0.1) is 5.69 Å². The molecular formula is C15H14N2OS. The van der Waals surface area contributed by atoms with Crippen LogP contribution in [0.3, 0.4) is 0 Å². The van der Waals surface area contributed by atoms with E-state index >= 15 is 0 Å². The smallest absolute Gasteiger partial charge is 0.193 e. The Balaban J connectivity index is 1.56.